The maximum absolute atomic E-state index is 12.5. The number of hydrogen-bond acceptors (Lipinski definition) is 3. The van der Waals surface area contributed by atoms with Crippen molar-refractivity contribution in [3.8, 4) is 5.75 Å². The molecule has 1 heterocycles. The molecule has 1 saturated carbocycles. The Balaban J connectivity index is 1.98. The zero-order chi connectivity index (χ0) is 16.4. The van der Waals surface area contributed by atoms with E-state index in [4.69, 9.17) is 4.74 Å². The number of likely N-dealkylation sites (tertiary alicyclic amines) is 1. The summed E-state index contributed by atoms with van der Waals surface area (Å²) in [6.45, 7) is 2.56. The zero-order valence-electron chi connectivity index (χ0n) is 14.1. The van der Waals surface area contributed by atoms with Gasteiger partial charge in [-0.2, -0.15) is 0 Å². The summed E-state index contributed by atoms with van der Waals surface area (Å²) in [6.07, 6.45) is 5.28. The number of piperidine rings is 1. The van der Waals surface area contributed by atoms with E-state index >= 15 is 0 Å². The molecule has 4 heteroatoms. The maximum Gasteiger partial charge on any atom is 0.222 e. The minimum Gasteiger partial charge on any atom is -0.497 e. The van der Waals surface area contributed by atoms with Crippen LogP contribution in [-0.4, -0.2) is 35.2 Å². The minimum absolute atomic E-state index is 0.0209. The molecular weight excluding hydrogens is 290 g/mol. The van der Waals surface area contributed by atoms with Crippen LogP contribution in [0.3, 0.4) is 0 Å². The number of aliphatic hydroxyl groups is 1. The van der Waals surface area contributed by atoms with E-state index in [2.05, 4.69) is 0 Å². The van der Waals surface area contributed by atoms with Crippen molar-refractivity contribution in [1.82, 2.24) is 4.90 Å². The largest absolute Gasteiger partial charge is 0.497 e. The quantitative estimate of drug-likeness (QED) is 0.930. The first-order valence-corrected chi connectivity index (χ1v) is 8.75. The molecule has 3 unspecified atom stereocenters. The van der Waals surface area contributed by atoms with Gasteiger partial charge in [-0.05, 0) is 37.0 Å². The summed E-state index contributed by atoms with van der Waals surface area (Å²) in [4.78, 5) is 14.5. The van der Waals surface area contributed by atoms with E-state index in [0.29, 0.717) is 19.4 Å². The highest BCUT2D eigenvalue weighted by molar-refractivity contribution is 5.76. The monoisotopic (exact) mass is 317 g/mol. The number of hydrogen-bond donors (Lipinski definition) is 1. The molecule has 3 atom stereocenters. The molecule has 0 radical (unpaired) electrons. The van der Waals surface area contributed by atoms with Crippen molar-refractivity contribution in [2.45, 2.75) is 57.1 Å². The SMILES string of the molecule is CCC(=O)N1CCC2(O)CCCCC2C1c1ccc(OC)cc1. The standard InChI is InChI=1S/C19H27NO3/c1-3-17(21)20-13-12-19(22)11-5-4-6-16(19)18(20)14-7-9-15(23-2)10-8-14/h7-10,16,18,22H,3-6,11-13H2,1-2H3. The number of nitrogens with zero attached hydrogens (tertiary/aromatic N) is 1. The van der Waals surface area contributed by atoms with Crippen LogP contribution in [0.5, 0.6) is 5.75 Å². The van der Waals surface area contributed by atoms with E-state index in [0.717, 1.165) is 37.0 Å². The van der Waals surface area contributed by atoms with Crippen molar-refractivity contribution in [3.05, 3.63) is 29.8 Å². The lowest BCUT2D eigenvalue weighted by atomic mass is 9.66. The van der Waals surface area contributed by atoms with Gasteiger partial charge in [-0.3, -0.25) is 4.79 Å². The van der Waals surface area contributed by atoms with Crippen molar-refractivity contribution in [2.24, 2.45) is 5.92 Å². The van der Waals surface area contributed by atoms with E-state index in [1.165, 1.54) is 0 Å². The number of methoxy groups -OCH3 is 1. The highest BCUT2D eigenvalue weighted by Crippen LogP contribution is 2.49. The first-order chi connectivity index (χ1) is 11.1. The van der Waals surface area contributed by atoms with Gasteiger partial charge in [0.05, 0.1) is 18.8 Å². The molecule has 0 spiro atoms. The van der Waals surface area contributed by atoms with Crippen molar-refractivity contribution >= 4 is 5.91 Å². The number of rotatable bonds is 3. The third kappa shape index (κ3) is 2.97. The zero-order valence-corrected chi connectivity index (χ0v) is 14.1. The van der Waals surface area contributed by atoms with Crippen LogP contribution in [0.1, 0.15) is 57.1 Å². The molecule has 23 heavy (non-hydrogen) atoms. The van der Waals surface area contributed by atoms with Crippen LogP contribution in [0.4, 0.5) is 0 Å². The average Bonchev–Trinajstić information content (AvgIpc) is 2.59. The maximum atomic E-state index is 12.5. The molecule has 1 aliphatic carbocycles. The van der Waals surface area contributed by atoms with Gasteiger partial charge in [0.15, 0.2) is 0 Å². The number of carbonyl (C=O) groups is 1. The summed E-state index contributed by atoms with van der Waals surface area (Å²) in [5.74, 6) is 1.13. The van der Waals surface area contributed by atoms with E-state index in [9.17, 15) is 9.90 Å². The van der Waals surface area contributed by atoms with Crippen molar-refractivity contribution in [2.75, 3.05) is 13.7 Å². The van der Waals surface area contributed by atoms with Crippen LogP contribution < -0.4 is 4.74 Å². The number of benzene rings is 1. The second-order valence-corrected chi connectivity index (χ2v) is 6.86. The van der Waals surface area contributed by atoms with E-state index < -0.39 is 5.60 Å². The fourth-order valence-corrected chi connectivity index (χ4v) is 4.38. The molecule has 126 valence electrons. The summed E-state index contributed by atoms with van der Waals surface area (Å²) in [7, 11) is 1.66. The highest BCUT2D eigenvalue weighted by Gasteiger charge is 2.49. The average molecular weight is 317 g/mol. The Morgan fingerprint density at radius 2 is 2.04 bits per heavy atom. The molecule has 1 aromatic rings. The molecule has 0 bridgehead atoms. The summed E-state index contributed by atoms with van der Waals surface area (Å²) < 4.78 is 5.25. The molecule has 1 saturated heterocycles. The fourth-order valence-electron chi connectivity index (χ4n) is 4.38. The summed E-state index contributed by atoms with van der Waals surface area (Å²) >= 11 is 0. The Kier molecular flexibility index (Phi) is 4.62. The molecule has 1 aliphatic heterocycles. The van der Waals surface area contributed by atoms with E-state index in [-0.39, 0.29) is 17.9 Å². The Hall–Kier alpha value is -1.55. The normalized spacial score (nSPS) is 30.7. The van der Waals surface area contributed by atoms with Crippen LogP contribution in [0.25, 0.3) is 0 Å². The first kappa shape index (κ1) is 16.3. The van der Waals surface area contributed by atoms with Crippen molar-refractivity contribution in [1.29, 1.82) is 0 Å². The molecule has 4 nitrogen and oxygen atoms in total. The molecule has 2 fully saturated rings. The number of carbonyl (C=O) groups excluding carboxylic acids is 1. The Morgan fingerprint density at radius 3 is 2.70 bits per heavy atom. The van der Waals surface area contributed by atoms with Crippen LogP contribution >= 0.6 is 0 Å². The Morgan fingerprint density at radius 1 is 1.30 bits per heavy atom. The molecule has 0 aromatic heterocycles. The summed E-state index contributed by atoms with van der Waals surface area (Å²) in [5.41, 5.74) is 0.491. The van der Waals surface area contributed by atoms with Gasteiger partial charge in [0, 0.05) is 18.9 Å². The van der Waals surface area contributed by atoms with Gasteiger partial charge in [-0.25, -0.2) is 0 Å². The molecule has 1 aromatic carbocycles. The predicted molar refractivity (Wildman–Crippen MR) is 89.3 cm³/mol. The van der Waals surface area contributed by atoms with Crippen LogP contribution in [0.15, 0.2) is 24.3 Å². The lowest BCUT2D eigenvalue weighted by Gasteiger charge is -2.52. The second-order valence-electron chi connectivity index (χ2n) is 6.86. The van der Waals surface area contributed by atoms with Gasteiger partial charge in [-0.1, -0.05) is 31.9 Å². The van der Waals surface area contributed by atoms with Crippen molar-refractivity contribution in [3.63, 3.8) is 0 Å². The van der Waals surface area contributed by atoms with Gasteiger partial charge in [0.2, 0.25) is 5.91 Å². The number of ether oxygens (including phenoxy) is 1. The number of amides is 1. The third-order valence-corrected chi connectivity index (χ3v) is 5.65. The lowest BCUT2D eigenvalue weighted by Crippen LogP contribution is -2.56. The minimum atomic E-state index is -0.618. The Bertz CT molecular complexity index is 556. The van der Waals surface area contributed by atoms with Gasteiger partial charge < -0.3 is 14.7 Å². The fraction of sp³-hybridized carbons (Fsp3) is 0.632. The first-order valence-electron chi connectivity index (χ1n) is 8.75. The van der Waals surface area contributed by atoms with Crippen LogP contribution in [-0.2, 0) is 4.79 Å². The molecule has 1 amide bonds. The summed E-state index contributed by atoms with van der Waals surface area (Å²) in [5, 5.41) is 11.1. The lowest BCUT2D eigenvalue weighted by molar-refractivity contribution is -0.155. The third-order valence-electron chi connectivity index (χ3n) is 5.65. The van der Waals surface area contributed by atoms with Crippen molar-refractivity contribution < 1.29 is 14.6 Å². The molecular formula is C19H27NO3. The van der Waals surface area contributed by atoms with Gasteiger partial charge >= 0.3 is 0 Å². The van der Waals surface area contributed by atoms with Crippen LogP contribution in [0.2, 0.25) is 0 Å². The smallest absolute Gasteiger partial charge is 0.222 e. The predicted octanol–water partition coefficient (Wildman–Crippen LogP) is 3.30. The van der Waals surface area contributed by atoms with Crippen LogP contribution in [0, 0.1) is 5.92 Å². The van der Waals surface area contributed by atoms with E-state index in [1.807, 2.05) is 36.1 Å². The summed E-state index contributed by atoms with van der Waals surface area (Å²) in [6, 6.07) is 7.95. The molecule has 3 rings (SSSR count). The Labute approximate surface area is 138 Å². The van der Waals surface area contributed by atoms with Gasteiger partial charge in [0.1, 0.15) is 5.75 Å². The van der Waals surface area contributed by atoms with Gasteiger partial charge in [-0.15, -0.1) is 0 Å². The number of fused-ring (bicyclic) bond motifs is 1. The molecule has 2 aliphatic rings. The highest BCUT2D eigenvalue weighted by atomic mass is 16.5. The van der Waals surface area contributed by atoms with Gasteiger partial charge in [0.25, 0.3) is 0 Å². The topological polar surface area (TPSA) is 49.8 Å². The van der Waals surface area contributed by atoms with E-state index in [1.54, 1.807) is 7.11 Å². The second kappa shape index (κ2) is 6.52. The molecule has 1 N–H and O–H groups in total.